The largest absolute Gasteiger partial charge is 0.451 e. The van der Waals surface area contributed by atoms with Crippen LogP contribution in [0.5, 0.6) is 0 Å². The van der Waals surface area contributed by atoms with Crippen LogP contribution in [0.3, 0.4) is 0 Å². The third kappa shape index (κ3) is 5.11. The number of rotatable bonds is 7. The van der Waals surface area contributed by atoms with Gasteiger partial charge in [0.1, 0.15) is 17.5 Å². The van der Waals surface area contributed by atoms with E-state index in [1.165, 1.54) is 12.3 Å². The van der Waals surface area contributed by atoms with Gasteiger partial charge in [0.15, 0.2) is 0 Å². The molecule has 0 spiro atoms. The Morgan fingerprint density at radius 2 is 1.91 bits per heavy atom. The van der Waals surface area contributed by atoms with Gasteiger partial charge in [0.25, 0.3) is 0 Å². The number of H-pyrrole nitrogens is 1. The Kier molecular flexibility index (Phi) is 7.09. The molecule has 0 amide bonds. The van der Waals surface area contributed by atoms with Crippen molar-refractivity contribution in [3.63, 3.8) is 0 Å². The molecule has 0 aliphatic carbocycles. The number of allylic oxidation sites excluding steroid dienone is 1. The second-order valence-corrected chi connectivity index (χ2v) is 7.77. The number of aromatic amines is 1. The summed E-state index contributed by atoms with van der Waals surface area (Å²) < 4.78 is 65.7. The number of anilines is 1. The summed E-state index contributed by atoms with van der Waals surface area (Å²) in [6.07, 6.45) is -1.57. The van der Waals surface area contributed by atoms with Crippen molar-refractivity contribution in [2.45, 2.75) is 19.0 Å². The lowest BCUT2D eigenvalue weighted by atomic mass is 10.0. The number of nitrogens with one attached hydrogen (secondary N) is 4. The van der Waals surface area contributed by atoms with Crippen molar-refractivity contribution < 1.29 is 22.0 Å². The van der Waals surface area contributed by atoms with Crippen LogP contribution in [-0.2, 0) is 6.18 Å². The quantitative estimate of drug-likeness (QED) is 0.110. The number of hydrogen-bond acceptors (Lipinski definition) is 6. The number of benzene rings is 1. The monoisotopic (exact) mass is 542 g/mol. The Morgan fingerprint density at radius 3 is 2.44 bits per heavy atom. The van der Waals surface area contributed by atoms with Crippen LogP contribution in [0.4, 0.5) is 27.6 Å². The summed E-state index contributed by atoms with van der Waals surface area (Å²) in [5.74, 6) is -3.99. The van der Waals surface area contributed by atoms with Gasteiger partial charge in [-0.2, -0.15) is 18.3 Å². The van der Waals surface area contributed by atoms with E-state index in [9.17, 15) is 22.0 Å². The van der Waals surface area contributed by atoms with Gasteiger partial charge in [-0.1, -0.05) is 6.92 Å². The molecule has 2 aromatic heterocycles. The normalized spacial score (nSPS) is 13.0. The lowest BCUT2D eigenvalue weighted by Crippen LogP contribution is -2.14. The Labute approximate surface area is 197 Å². The summed E-state index contributed by atoms with van der Waals surface area (Å²) in [6, 6.07) is 2.92. The average Bonchev–Trinajstić information content (AvgIpc) is 3.12. The molecular weight excluding hydrogens is 527 g/mol. The Balaban J connectivity index is 2.00. The second kappa shape index (κ2) is 9.67. The SMILES string of the molecule is CC(/C(=C/Nc1ccc(F)cc1F)N=N)c1[nH]c(C(=N)N)c(-c2cnc(C(F)(F)F)nc2)c1Br. The summed E-state index contributed by atoms with van der Waals surface area (Å²) in [5, 5.41) is 13.9. The van der Waals surface area contributed by atoms with Gasteiger partial charge in [0.05, 0.1) is 17.1 Å². The molecule has 3 aromatic rings. The van der Waals surface area contributed by atoms with E-state index in [2.05, 4.69) is 41.3 Å². The maximum Gasteiger partial charge on any atom is 0.451 e. The van der Waals surface area contributed by atoms with Crippen molar-refractivity contribution in [1.29, 1.82) is 10.9 Å². The Morgan fingerprint density at radius 1 is 1.26 bits per heavy atom. The smallest absolute Gasteiger partial charge is 0.382 e. The van der Waals surface area contributed by atoms with Gasteiger partial charge in [-0.25, -0.2) is 24.3 Å². The standard InChI is InChI=1S/C20H16BrF5N8/c1-8(13(34-29)7-30-12-3-2-10(22)4-11(12)23)16-15(21)14(17(33-16)18(27)28)9-5-31-19(32-6-9)20(24,25)26/h2-8,29-30,33H,1H3,(H3,27,28)/b13-7-,34-29?. The fraction of sp³-hybridized carbons (Fsp3) is 0.150. The summed E-state index contributed by atoms with van der Waals surface area (Å²) >= 11 is 3.37. The fourth-order valence-electron chi connectivity index (χ4n) is 3.03. The van der Waals surface area contributed by atoms with Crippen molar-refractivity contribution in [3.8, 4) is 11.1 Å². The maximum atomic E-state index is 13.9. The molecule has 3 rings (SSSR count). The highest BCUT2D eigenvalue weighted by Crippen LogP contribution is 2.40. The summed E-state index contributed by atoms with van der Waals surface area (Å²) in [4.78, 5) is 9.59. The van der Waals surface area contributed by atoms with E-state index >= 15 is 0 Å². The van der Waals surface area contributed by atoms with Gasteiger partial charge in [-0.3, -0.25) is 5.41 Å². The minimum absolute atomic E-state index is 0.0488. The molecule has 0 aliphatic rings. The number of nitrogens with zero attached hydrogens (tertiary/aromatic N) is 3. The third-order valence-electron chi connectivity index (χ3n) is 4.74. The van der Waals surface area contributed by atoms with Crippen LogP contribution in [0, 0.1) is 22.6 Å². The number of hydrogen-bond donors (Lipinski definition) is 5. The Bertz CT molecular complexity index is 1270. The molecule has 0 aliphatic heterocycles. The molecular formula is C20H16BrF5N8. The van der Waals surface area contributed by atoms with Gasteiger partial charge in [-0.15, -0.1) is 0 Å². The van der Waals surface area contributed by atoms with E-state index in [0.29, 0.717) is 16.2 Å². The van der Waals surface area contributed by atoms with Crippen LogP contribution in [0.15, 0.2) is 52.1 Å². The minimum atomic E-state index is -4.72. The number of aromatic nitrogens is 3. The maximum absolute atomic E-state index is 13.9. The molecule has 2 heterocycles. The minimum Gasteiger partial charge on any atom is -0.382 e. The van der Waals surface area contributed by atoms with E-state index < -0.39 is 35.4 Å². The zero-order valence-electron chi connectivity index (χ0n) is 17.2. The van der Waals surface area contributed by atoms with Crippen LogP contribution in [-0.4, -0.2) is 20.8 Å². The Hall–Kier alpha value is -3.68. The van der Waals surface area contributed by atoms with Crippen molar-refractivity contribution >= 4 is 27.5 Å². The topological polar surface area (TPSA) is 140 Å². The molecule has 0 bridgehead atoms. The first-order valence-corrected chi connectivity index (χ1v) is 10.2. The number of alkyl halides is 3. The zero-order valence-corrected chi connectivity index (χ0v) is 18.8. The fourth-order valence-corrected chi connectivity index (χ4v) is 3.90. The van der Waals surface area contributed by atoms with E-state index in [1.807, 2.05) is 0 Å². The molecule has 0 saturated carbocycles. The predicted octanol–water partition coefficient (Wildman–Crippen LogP) is 5.90. The van der Waals surface area contributed by atoms with Crippen molar-refractivity contribution in [2.75, 3.05) is 5.32 Å². The molecule has 0 radical (unpaired) electrons. The molecule has 14 heteroatoms. The first kappa shape index (κ1) is 25.0. The first-order valence-electron chi connectivity index (χ1n) is 9.38. The highest BCUT2D eigenvalue weighted by molar-refractivity contribution is 9.10. The van der Waals surface area contributed by atoms with E-state index in [-0.39, 0.29) is 28.2 Å². The molecule has 6 N–H and O–H groups in total. The van der Waals surface area contributed by atoms with Gasteiger partial charge in [-0.05, 0) is 28.1 Å². The van der Waals surface area contributed by atoms with E-state index in [1.54, 1.807) is 6.92 Å². The summed E-state index contributed by atoms with van der Waals surface area (Å²) in [6.45, 7) is 1.64. The molecule has 1 unspecified atom stereocenters. The van der Waals surface area contributed by atoms with Gasteiger partial charge < -0.3 is 16.0 Å². The van der Waals surface area contributed by atoms with Gasteiger partial charge >= 0.3 is 6.18 Å². The third-order valence-corrected chi connectivity index (χ3v) is 5.57. The first-order chi connectivity index (χ1) is 15.9. The van der Waals surface area contributed by atoms with Gasteiger partial charge in [0, 0.05) is 51.9 Å². The molecule has 178 valence electrons. The highest BCUT2D eigenvalue weighted by atomic mass is 79.9. The zero-order chi connectivity index (χ0) is 25.2. The molecule has 1 aromatic carbocycles. The second-order valence-electron chi connectivity index (χ2n) is 6.98. The van der Waals surface area contributed by atoms with E-state index in [4.69, 9.17) is 16.7 Å². The van der Waals surface area contributed by atoms with Gasteiger partial charge in [0.2, 0.25) is 5.82 Å². The number of nitrogen functional groups attached to an aromatic ring is 1. The van der Waals surface area contributed by atoms with Crippen molar-refractivity contribution in [1.82, 2.24) is 15.0 Å². The number of nitrogens with two attached hydrogens (primary N) is 1. The number of amidine groups is 1. The molecule has 1 atom stereocenters. The molecule has 8 nitrogen and oxygen atoms in total. The average molecular weight is 543 g/mol. The molecule has 34 heavy (non-hydrogen) atoms. The lowest BCUT2D eigenvalue weighted by Gasteiger charge is -2.12. The predicted molar refractivity (Wildman–Crippen MR) is 117 cm³/mol. The molecule has 0 saturated heterocycles. The van der Waals surface area contributed by atoms with Crippen molar-refractivity contribution in [3.05, 3.63) is 75.8 Å². The van der Waals surface area contributed by atoms with Crippen LogP contribution in [0.1, 0.15) is 30.1 Å². The molecule has 0 fully saturated rings. The van der Waals surface area contributed by atoms with Crippen molar-refractivity contribution in [2.24, 2.45) is 10.8 Å². The van der Waals surface area contributed by atoms with Crippen LogP contribution < -0.4 is 11.1 Å². The lowest BCUT2D eigenvalue weighted by molar-refractivity contribution is -0.144. The number of halogens is 6. The summed E-state index contributed by atoms with van der Waals surface area (Å²) in [5.41, 5.74) is 14.1. The van der Waals surface area contributed by atoms with Crippen LogP contribution in [0.2, 0.25) is 0 Å². The summed E-state index contributed by atoms with van der Waals surface area (Å²) in [7, 11) is 0. The highest BCUT2D eigenvalue weighted by Gasteiger charge is 2.34. The van der Waals surface area contributed by atoms with Crippen LogP contribution >= 0.6 is 15.9 Å². The van der Waals surface area contributed by atoms with Crippen LogP contribution in [0.25, 0.3) is 11.1 Å². The van der Waals surface area contributed by atoms with E-state index in [0.717, 1.165) is 18.5 Å².